The lowest BCUT2D eigenvalue weighted by atomic mass is 10.0. The molecule has 0 bridgehead atoms. The van der Waals surface area contributed by atoms with Crippen molar-refractivity contribution in [2.45, 2.75) is 31.9 Å². The molecule has 128 valence electrons. The van der Waals surface area contributed by atoms with E-state index in [-0.39, 0.29) is 0 Å². The lowest BCUT2D eigenvalue weighted by molar-refractivity contribution is 0.0424. The summed E-state index contributed by atoms with van der Waals surface area (Å²) in [5.41, 5.74) is 2.64. The number of hydrogen-bond donors (Lipinski definition) is 2. The minimum absolute atomic E-state index is 0.611. The Labute approximate surface area is 147 Å². The molecule has 1 fully saturated rings. The lowest BCUT2D eigenvalue weighted by Crippen LogP contribution is -2.44. The van der Waals surface area contributed by atoms with Crippen molar-refractivity contribution in [1.82, 2.24) is 10.3 Å². The van der Waals surface area contributed by atoms with Crippen LogP contribution in [0.3, 0.4) is 0 Å². The van der Waals surface area contributed by atoms with Gasteiger partial charge in [0.2, 0.25) is 0 Å². The highest BCUT2D eigenvalue weighted by atomic mass is 32.2. The highest BCUT2D eigenvalue weighted by molar-refractivity contribution is 7.99. The number of aliphatic hydroxyl groups is 1. The zero-order valence-corrected chi connectivity index (χ0v) is 14.8. The van der Waals surface area contributed by atoms with Gasteiger partial charge in [0.05, 0.1) is 6.61 Å². The minimum atomic E-state index is -0.774. The first-order valence-corrected chi connectivity index (χ1v) is 9.53. The number of nitrogens with one attached hydrogen (secondary N) is 1. The summed E-state index contributed by atoms with van der Waals surface area (Å²) in [6.45, 7) is 2.74. The second-order valence-electron chi connectivity index (χ2n) is 6.13. The first kappa shape index (κ1) is 17.3. The van der Waals surface area contributed by atoms with Gasteiger partial charge in [0.15, 0.2) is 0 Å². The first-order valence-electron chi connectivity index (χ1n) is 8.37. The van der Waals surface area contributed by atoms with Crippen molar-refractivity contribution in [2.24, 2.45) is 0 Å². The molecule has 2 heterocycles. The third-order valence-electron chi connectivity index (χ3n) is 4.19. The van der Waals surface area contributed by atoms with Crippen LogP contribution in [0.4, 0.5) is 0 Å². The standard InChI is InChI=1S/C19H24N2O2S/c1-2-15-3-6-17(20-12-15)9-10-23-18-7-4-16(5-8-18)11-19(22)13-24-14-21-19/h3-8,12,21-22H,2,9-11,13-14H2,1H3. The molecule has 4 nitrogen and oxygen atoms in total. The highest BCUT2D eigenvalue weighted by Gasteiger charge is 2.31. The number of aryl methyl sites for hydroxylation is 1. The molecule has 0 amide bonds. The van der Waals surface area contributed by atoms with Gasteiger partial charge in [-0.15, -0.1) is 11.8 Å². The molecule has 1 unspecified atom stereocenters. The predicted molar refractivity (Wildman–Crippen MR) is 98.4 cm³/mol. The minimum Gasteiger partial charge on any atom is -0.493 e. The number of benzene rings is 1. The summed E-state index contributed by atoms with van der Waals surface area (Å²) in [5.74, 6) is 2.39. The van der Waals surface area contributed by atoms with Crippen molar-refractivity contribution < 1.29 is 9.84 Å². The molecule has 2 aromatic rings. The van der Waals surface area contributed by atoms with Crippen LogP contribution >= 0.6 is 11.8 Å². The van der Waals surface area contributed by atoms with Gasteiger partial charge in [0.25, 0.3) is 0 Å². The van der Waals surface area contributed by atoms with Crippen molar-refractivity contribution in [3.05, 3.63) is 59.4 Å². The molecule has 1 aliphatic heterocycles. The monoisotopic (exact) mass is 344 g/mol. The number of nitrogens with zero attached hydrogens (tertiary/aromatic N) is 1. The summed E-state index contributed by atoms with van der Waals surface area (Å²) in [5, 5.41) is 13.5. The molecular weight excluding hydrogens is 320 g/mol. The summed E-state index contributed by atoms with van der Waals surface area (Å²) in [7, 11) is 0. The molecule has 0 radical (unpaired) electrons. The average molecular weight is 344 g/mol. The number of ether oxygens (including phenoxy) is 1. The van der Waals surface area contributed by atoms with E-state index < -0.39 is 5.72 Å². The second kappa shape index (κ2) is 8.01. The van der Waals surface area contributed by atoms with E-state index in [2.05, 4.69) is 29.4 Å². The van der Waals surface area contributed by atoms with Crippen LogP contribution in [0.25, 0.3) is 0 Å². The molecule has 1 aromatic heterocycles. The highest BCUT2D eigenvalue weighted by Crippen LogP contribution is 2.23. The number of pyridine rings is 1. The fraction of sp³-hybridized carbons (Fsp3) is 0.421. The van der Waals surface area contributed by atoms with Crippen LogP contribution in [0, 0.1) is 0 Å². The van der Waals surface area contributed by atoms with Crippen molar-refractivity contribution in [2.75, 3.05) is 18.2 Å². The van der Waals surface area contributed by atoms with Crippen LogP contribution in [-0.2, 0) is 19.3 Å². The quantitative estimate of drug-likeness (QED) is 0.809. The molecule has 0 aliphatic carbocycles. The van der Waals surface area contributed by atoms with E-state index in [1.807, 2.05) is 30.5 Å². The number of rotatable bonds is 7. The molecular formula is C19H24N2O2S. The van der Waals surface area contributed by atoms with Crippen LogP contribution in [0.5, 0.6) is 5.75 Å². The van der Waals surface area contributed by atoms with Crippen LogP contribution in [0.1, 0.15) is 23.7 Å². The van der Waals surface area contributed by atoms with Gasteiger partial charge in [0, 0.05) is 36.4 Å². The van der Waals surface area contributed by atoms with Crippen LogP contribution in [0.2, 0.25) is 0 Å². The largest absolute Gasteiger partial charge is 0.493 e. The number of aromatic nitrogens is 1. The Kier molecular flexibility index (Phi) is 5.76. The predicted octanol–water partition coefficient (Wildman–Crippen LogP) is 2.79. The zero-order chi connectivity index (χ0) is 16.8. The third-order valence-corrected chi connectivity index (χ3v) is 5.22. The maximum atomic E-state index is 10.3. The summed E-state index contributed by atoms with van der Waals surface area (Å²) in [6, 6.07) is 12.2. The van der Waals surface area contributed by atoms with Gasteiger partial charge in [-0.05, 0) is 35.7 Å². The van der Waals surface area contributed by atoms with Crippen LogP contribution in [-0.4, -0.2) is 34.1 Å². The normalized spacial score (nSPS) is 20.2. The first-order chi connectivity index (χ1) is 11.7. The van der Waals surface area contributed by atoms with Crippen molar-refractivity contribution in [3.8, 4) is 5.75 Å². The third kappa shape index (κ3) is 4.72. The van der Waals surface area contributed by atoms with Gasteiger partial charge >= 0.3 is 0 Å². The Morgan fingerprint density at radius 3 is 2.62 bits per heavy atom. The van der Waals surface area contributed by atoms with E-state index in [4.69, 9.17) is 4.74 Å². The maximum absolute atomic E-state index is 10.3. The molecule has 0 saturated carbocycles. The van der Waals surface area contributed by atoms with Gasteiger partial charge in [0.1, 0.15) is 11.5 Å². The van der Waals surface area contributed by atoms with Gasteiger partial charge < -0.3 is 9.84 Å². The smallest absolute Gasteiger partial charge is 0.129 e. The van der Waals surface area contributed by atoms with Gasteiger partial charge in [-0.25, -0.2) is 0 Å². The number of hydrogen-bond acceptors (Lipinski definition) is 5. The molecule has 3 rings (SSSR count). The maximum Gasteiger partial charge on any atom is 0.129 e. The SMILES string of the molecule is CCc1ccc(CCOc2ccc(CC3(O)CSCN3)cc2)nc1. The van der Waals surface area contributed by atoms with Crippen LogP contribution in [0.15, 0.2) is 42.6 Å². The zero-order valence-electron chi connectivity index (χ0n) is 14.0. The molecule has 1 atom stereocenters. The van der Waals surface area contributed by atoms with E-state index in [1.165, 1.54) is 5.56 Å². The second-order valence-corrected chi connectivity index (χ2v) is 7.12. The molecule has 1 aliphatic rings. The molecule has 24 heavy (non-hydrogen) atoms. The Balaban J connectivity index is 1.47. The summed E-state index contributed by atoms with van der Waals surface area (Å²) in [4.78, 5) is 4.44. The van der Waals surface area contributed by atoms with Crippen molar-refractivity contribution in [1.29, 1.82) is 0 Å². The summed E-state index contributed by atoms with van der Waals surface area (Å²) >= 11 is 1.72. The van der Waals surface area contributed by atoms with Crippen molar-refractivity contribution >= 4 is 11.8 Å². The van der Waals surface area contributed by atoms with Crippen molar-refractivity contribution in [3.63, 3.8) is 0 Å². The Hall–Kier alpha value is -1.56. The lowest BCUT2D eigenvalue weighted by Gasteiger charge is -2.21. The molecule has 1 saturated heterocycles. The Morgan fingerprint density at radius 1 is 1.21 bits per heavy atom. The molecule has 0 spiro atoms. The van der Waals surface area contributed by atoms with E-state index in [0.29, 0.717) is 13.0 Å². The average Bonchev–Trinajstić information content (AvgIpc) is 3.03. The van der Waals surface area contributed by atoms with Crippen LogP contribution < -0.4 is 10.1 Å². The van der Waals surface area contributed by atoms with E-state index in [0.717, 1.165) is 41.5 Å². The molecule has 5 heteroatoms. The summed E-state index contributed by atoms with van der Waals surface area (Å²) in [6.07, 6.45) is 4.37. The van der Waals surface area contributed by atoms with Gasteiger partial charge in [-0.2, -0.15) is 0 Å². The Bertz CT molecular complexity index is 637. The Morgan fingerprint density at radius 2 is 2.00 bits per heavy atom. The summed E-state index contributed by atoms with van der Waals surface area (Å²) < 4.78 is 5.79. The van der Waals surface area contributed by atoms with E-state index in [1.54, 1.807) is 11.8 Å². The van der Waals surface area contributed by atoms with Gasteiger partial charge in [-0.1, -0.05) is 25.1 Å². The fourth-order valence-corrected chi connectivity index (χ4v) is 3.71. The van der Waals surface area contributed by atoms with Gasteiger partial charge in [-0.3, -0.25) is 10.3 Å². The number of thioether (sulfide) groups is 1. The fourth-order valence-electron chi connectivity index (χ4n) is 2.70. The van der Waals surface area contributed by atoms with E-state index in [9.17, 15) is 5.11 Å². The topological polar surface area (TPSA) is 54.4 Å². The molecule has 1 aromatic carbocycles. The van der Waals surface area contributed by atoms with E-state index >= 15 is 0 Å². The molecule has 2 N–H and O–H groups in total.